The van der Waals surface area contributed by atoms with Crippen molar-refractivity contribution in [1.82, 2.24) is 14.9 Å². The summed E-state index contributed by atoms with van der Waals surface area (Å²) in [5.74, 6) is 1.20. The van der Waals surface area contributed by atoms with E-state index >= 15 is 0 Å². The summed E-state index contributed by atoms with van der Waals surface area (Å²) < 4.78 is 7.32. The zero-order valence-electron chi connectivity index (χ0n) is 14.7. The Kier molecular flexibility index (Phi) is 5.19. The standard InChI is InChI=1S/C19H27N3O2/c1-22-16-8-4-3-7-15(16)21-17(22)9-13-20-18(23)19(12-14-24-2)10-5-6-11-19/h3-4,7-8H,5-6,9-14H2,1-2H3,(H,20,23). The van der Waals surface area contributed by atoms with Gasteiger partial charge >= 0.3 is 0 Å². The first kappa shape index (κ1) is 17.0. The van der Waals surface area contributed by atoms with Crippen LogP contribution in [0.2, 0.25) is 0 Å². The minimum atomic E-state index is -0.220. The van der Waals surface area contributed by atoms with Crippen LogP contribution in [0.3, 0.4) is 0 Å². The fourth-order valence-electron chi connectivity index (χ4n) is 3.83. The summed E-state index contributed by atoms with van der Waals surface area (Å²) in [4.78, 5) is 17.4. The molecule has 3 rings (SSSR count). The molecule has 2 aromatic rings. The lowest BCUT2D eigenvalue weighted by Gasteiger charge is -2.27. The molecule has 0 bridgehead atoms. The molecule has 1 saturated carbocycles. The van der Waals surface area contributed by atoms with Crippen LogP contribution in [0.25, 0.3) is 11.0 Å². The van der Waals surface area contributed by atoms with E-state index in [1.165, 1.54) is 0 Å². The zero-order valence-corrected chi connectivity index (χ0v) is 14.7. The van der Waals surface area contributed by atoms with Crippen molar-refractivity contribution in [2.45, 2.75) is 38.5 Å². The number of rotatable bonds is 7. The van der Waals surface area contributed by atoms with E-state index in [0.717, 1.165) is 55.4 Å². The predicted octanol–water partition coefficient (Wildman–Crippen LogP) is 2.83. The number of nitrogens with zero attached hydrogens (tertiary/aromatic N) is 2. The van der Waals surface area contributed by atoms with E-state index in [1.807, 2.05) is 25.2 Å². The maximum atomic E-state index is 12.7. The highest BCUT2D eigenvalue weighted by Gasteiger charge is 2.40. The summed E-state index contributed by atoms with van der Waals surface area (Å²) in [5, 5.41) is 3.15. The Labute approximate surface area is 143 Å². The van der Waals surface area contributed by atoms with Crippen LogP contribution in [0.5, 0.6) is 0 Å². The quantitative estimate of drug-likeness (QED) is 0.850. The highest BCUT2D eigenvalue weighted by molar-refractivity contribution is 5.83. The topological polar surface area (TPSA) is 56.1 Å². The maximum absolute atomic E-state index is 12.7. The van der Waals surface area contributed by atoms with Crippen molar-refractivity contribution in [1.29, 1.82) is 0 Å². The number of benzene rings is 1. The van der Waals surface area contributed by atoms with E-state index in [0.29, 0.717) is 13.2 Å². The summed E-state index contributed by atoms with van der Waals surface area (Å²) in [6.45, 7) is 1.28. The van der Waals surface area contributed by atoms with E-state index in [9.17, 15) is 4.79 Å². The summed E-state index contributed by atoms with van der Waals surface area (Å²) in [5.41, 5.74) is 1.92. The number of methoxy groups -OCH3 is 1. The van der Waals surface area contributed by atoms with Crippen LogP contribution in [-0.4, -0.2) is 35.7 Å². The van der Waals surface area contributed by atoms with E-state index in [1.54, 1.807) is 7.11 Å². The average Bonchev–Trinajstić information content (AvgIpc) is 3.20. The number of para-hydroxylation sites is 2. The monoisotopic (exact) mass is 329 g/mol. The summed E-state index contributed by atoms with van der Waals surface area (Å²) in [7, 11) is 3.73. The number of imidazole rings is 1. The van der Waals surface area contributed by atoms with Gasteiger partial charge in [-0.2, -0.15) is 0 Å². The molecule has 1 aliphatic rings. The van der Waals surface area contributed by atoms with Gasteiger partial charge in [-0.15, -0.1) is 0 Å². The average molecular weight is 329 g/mol. The van der Waals surface area contributed by atoms with Gasteiger partial charge in [-0.1, -0.05) is 25.0 Å². The largest absolute Gasteiger partial charge is 0.385 e. The van der Waals surface area contributed by atoms with Crippen LogP contribution < -0.4 is 5.32 Å². The van der Waals surface area contributed by atoms with Crippen molar-refractivity contribution in [2.24, 2.45) is 12.5 Å². The Hall–Kier alpha value is -1.88. The smallest absolute Gasteiger partial charge is 0.226 e. The normalized spacial score (nSPS) is 16.6. The molecule has 5 nitrogen and oxygen atoms in total. The van der Waals surface area contributed by atoms with Crippen LogP contribution in [-0.2, 0) is 23.0 Å². The first-order valence-corrected chi connectivity index (χ1v) is 8.84. The summed E-state index contributed by atoms with van der Waals surface area (Å²) in [6.07, 6.45) is 5.81. The number of carbonyl (C=O) groups excluding carboxylic acids is 1. The van der Waals surface area contributed by atoms with Crippen LogP contribution in [0, 0.1) is 5.41 Å². The van der Waals surface area contributed by atoms with E-state index in [4.69, 9.17) is 4.74 Å². The Balaban J connectivity index is 1.60. The van der Waals surface area contributed by atoms with Gasteiger partial charge in [-0.25, -0.2) is 4.98 Å². The Morgan fingerprint density at radius 1 is 1.33 bits per heavy atom. The molecule has 130 valence electrons. The third-order valence-electron chi connectivity index (χ3n) is 5.34. The van der Waals surface area contributed by atoms with Gasteiger partial charge in [0.05, 0.1) is 16.4 Å². The molecule has 0 unspecified atom stereocenters. The van der Waals surface area contributed by atoms with Gasteiger partial charge in [0.1, 0.15) is 5.82 Å². The molecule has 24 heavy (non-hydrogen) atoms. The summed E-state index contributed by atoms with van der Waals surface area (Å²) in [6, 6.07) is 8.12. The Morgan fingerprint density at radius 2 is 2.08 bits per heavy atom. The van der Waals surface area contributed by atoms with Gasteiger partial charge in [0.2, 0.25) is 5.91 Å². The highest BCUT2D eigenvalue weighted by Crippen LogP contribution is 2.41. The van der Waals surface area contributed by atoms with Gasteiger partial charge in [-0.3, -0.25) is 4.79 Å². The van der Waals surface area contributed by atoms with Crippen molar-refractivity contribution in [3.63, 3.8) is 0 Å². The lowest BCUT2D eigenvalue weighted by molar-refractivity contribution is -0.131. The van der Waals surface area contributed by atoms with E-state index < -0.39 is 0 Å². The number of amides is 1. The molecule has 0 radical (unpaired) electrons. The number of hydrogen-bond donors (Lipinski definition) is 1. The van der Waals surface area contributed by atoms with Gasteiger partial charge in [-0.05, 0) is 31.4 Å². The molecule has 1 N–H and O–H groups in total. The van der Waals surface area contributed by atoms with Crippen molar-refractivity contribution >= 4 is 16.9 Å². The molecule has 1 heterocycles. The number of ether oxygens (including phenoxy) is 1. The van der Waals surface area contributed by atoms with Crippen LogP contribution in [0.15, 0.2) is 24.3 Å². The number of fused-ring (bicyclic) bond motifs is 1. The van der Waals surface area contributed by atoms with Crippen LogP contribution in [0.1, 0.15) is 37.9 Å². The molecule has 1 aromatic carbocycles. The van der Waals surface area contributed by atoms with Gasteiger partial charge in [0, 0.05) is 33.7 Å². The van der Waals surface area contributed by atoms with Gasteiger partial charge in [0.15, 0.2) is 0 Å². The molecule has 0 spiro atoms. The van der Waals surface area contributed by atoms with Gasteiger partial charge < -0.3 is 14.6 Å². The van der Waals surface area contributed by atoms with Crippen molar-refractivity contribution < 1.29 is 9.53 Å². The second-order valence-electron chi connectivity index (χ2n) is 6.81. The number of carbonyl (C=O) groups is 1. The molecule has 1 aromatic heterocycles. The molecule has 5 heteroatoms. The van der Waals surface area contributed by atoms with Crippen LogP contribution in [0.4, 0.5) is 0 Å². The molecule has 0 atom stereocenters. The molecule has 0 aliphatic heterocycles. The fraction of sp³-hybridized carbons (Fsp3) is 0.579. The molecule has 0 saturated heterocycles. The van der Waals surface area contributed by atoms with Crippen molar-refractivity contribution in [2.75, 3.05) is 20.3 Å². The minimum Gasteiger partial charge on any atom is -0.385 e. The molecule has 1 fully saturated rings. The summed E-state index contributed by atoms with van der Waals surface area (Å²) >= 11 is 0. The SMILES string of the molecule is COCCC1(C(=O)NCCc2nc3ccccc3n2C)CCCC1. The lowest BCUT2D eigenvalue weighted by Crippen LogP contribution is -2.41. The maximum Gasteiger partial charge on any atom is 0.226 e. The Bertz CT molecular complexity index is 702. The molecule has 1 amide bonds. The van der Waals surface area contributed by atoms with E-state index in [2.05, 4.69) is 20.9 Å². The van der Waals surface area contributed by atoms with Crippen LogP contribution >= 0.6 is 0 Å². The van der Waals surface area contributed by atoms with Crippen molar-refractivity contribution in [3.05, 3.63) is 30.1 Å². The predicted molar refractivity (Wildman–Crippen MR) is 94.8 cm³/mol. The number of aromatic nitrogens is 2. The van der Waals surface area contributed by atoms with Crippen molar-refractivity contribution in [3.8, 4) is 0 Å². The molecule has 1 aliphatic carbocycles. The van der Waals surface area contributed by atoms with E-state index in [-0.39, 0.29) is 11.3 Å². The van der Waals surface area contributed by atoms with Gasteiger partial charge in [0.25, 0.3) is 0 Å². The molecular weight excluding hydrogens is 302 g/mol. The first-order chi connectivity index (χ1) is 11.7. The number of aryl methyl sites for hydroxylation is 1. The molecular formula is C19H27N3O2. The minimum absolute atomic E-state index is 0.191. The second kappa shape index (κ2) is 7.34. The highest BCUT2D eigenvalue weighted by atomic mass is 16.5. The third-order valence-corrected chi connectivity index (χ3v) is 5.34. The first-order valence-electron chi connectivity index (χ1n) is 8.84. The lowest BCUT2D eigenvalue weighted by atomic mass is 9.82. The Morgan fingerprint density at radius 3 is 2.79 bits per heavy atom. The third kappa shape index (κ3) is 3.31. The zero-order chi connectivity index (χ0) is 17.0. The fourth-order valence-corrected chi connectivity index (χ4v) is 3.83. The number of nitrogens with one attached hydrogen (secondary N) is 1. The second-order valence-corrected chi connectivity index (χ2v) is 6.81. The number of hydrogen-bond acceptors (Lipinski definition) is 3.